The maximum Gasteiger partial charge on any atom is 0.238 e. The quantitative estimate of drug-likeness (QED) is 0.187. The molecule has 0 saturated carbocycles. The summed E-state index contributed by atoms with van der Waals surface area (Å²) in [6, 6.07) is 54.8. The molecule has 0 aliphatic carbocycles. The lowest BCUT2D eigenvalue weighted by atomic mass is 9.94. The number of furan rings is 1. The second-order valence-electron chi connectivity index (χ2n) is 12.8. The lowest BCUT2D eigenvalue weighted by molar-refractivity contribution is 0.669. The van der Waals surface area contributed by atoms with Crippen molar-refractivity contribution in [3.05, 3.63) is 158 Å². The molecule has 51 heavy (non-hydrogen) atoms. The van der Waals surface area contributed by atoms with Crippen molar-refractivity contribution in [1.29, 1.82) is 0 Å². The van der Waals surface area contributed by atoms with Gasteiger partial charge in [-0.2, -0.15) is 9.97 Å². The molecule has 0 radical (unpaired) electrons. The molecule has 4 aromatic heterocycles. The van der Waals surface area contributed by atoms with E-state index in [2.05, 4.69) is 120 Å². The van der Waals surface area contributed by atoms with Crippen LogP contribution in [0, 0.1) is 0 Å². The summed E-state index contributed by atoms with van der Waals surface area (Å²) < 4.78 is 11.3. The van der Waals surface area contributed by atoms with Gasteiger partial charge in [-0.05, 0) is 47.5 Å². The van der Waals surface area contributed by atoms with Crippen molar-refractivity contribution in [2.24, 2.45) is 0 Å². The smallest absolute Gasteiger partial charge is 0.238 e. The Morgan fingerprint density at radius 1 is 0.412 bits per heavy atom. The van der Waals surface area contributed by atoms with Crippen LogP contribution < -0.4 is 0 Å². The van der Waals surface area contributed by atoms with Crippen molar-refractivity contribution in [3.63, 3.8) is 0 Å². The first kappa shape index (κ1) is 28.2. The van der Waals surface area contributed by atoms with Gasteiger partial charge < -0.3 is 4.42 Å². The number of rotatable bonds is 4. The molecule has 7 aromatic carbocycles. The summed E-state index contributed by atoms with van der Waals surface area (Å²) in [6.07, 6.45) is 0. The van der Waals surface area contributed by atoms with Gasteiger partial charge in [-0.1, -0.05) is 121 Å². The minimum atomic E-state index is 0.566. The molecule has 6 heteroatoms. The van der Waals surface area contributed by atoms with E-state index in [0.717, 1.165) is 60.4 Å². The first-order valence-electron chi connectivity index (χ1n) is 17.0. The summed E-state index contributed by atoms with van der Waals surface area (Å²) in [5, 5.41) is 6.86. The Morgan fingerprint density at radius 2 is 0.961 bits per heavy atom. The topological polar surface area (TPSA) is 56.7 Å². The zero-order chi connectivity index (χ0) is 33.5. The number of hydrogen-bond acceptors (Lipinski definition) is 5. The monoisotopic (exact) mass is 670 g/mol. The van der Waals surface area contributed by atoms with E-state index in [0.29, 0.717) is 17.6 Å². The van der Waals surface area contributed by atoms with Gasteiger partial charge in [-0.3, -0.25) is 4.57 Å². The van der Waals surface area contributed by atoms with E-state index in [9.17, 15) is 0 Å². The Bertz CT molecular complexity index is 3100. The summed E-state index contributed by atoms with van der Waals surface area (Å²) in [5.41, 5.74) is 7.81. The lowest BCUT2D eigenvalue weighted by Crippen LogP contribution is -2.06. The van der Waals surface area contributed by atoms with Crippen molar-refractivity contribution in [2.75, 3.05) is 0 Å². The minimum absolute atomic E-state index is 0.566. The third-order valence-electron chi connectivity index (χ3n) is 9.89. The number of para-hydroxylation sites is 2. The Hall–Kier alpha value is -6.63. The molecule has 11 rings (SSSR count). The van der Waals surface area contributed by atoms with Gasteiger partial charge in [0, 0.05) is 52.8 Å². The fourth-order valence-corrected chi connectivity index (χ4v) is 8.85. The van der Waals surface area contributed by atoms with E-state index in [1.165, 1.54) is 25.7 Å². The normalized spacial score (nSPS) is 11.9. The largest absolute Gasteiger partial charge is 0.456 e. The van der Waals surface area contributed by atoms with Crippen LogP contribution in [0.2, 0.25) is 0 Å². The van der Waals surface area contributed by atoms with E-state index in [-0.39, 0.29) is 0 Å². The first-order valence-corrected chi connectivity index (χ1v) is 17.8. The number of benzene rings is 7. The summed E-state index contributed by atoms with van der Waals surface area (Å²) >= 11 is 1.83. The maximum absolute atomic E-state index is 6.62. The van der Waals surface area contributed by atoms with Gasteiger partial charge in [-0.15, -0.1) is 11.3 Å². The van der Waals surface area contributed by atoms with Crippen LogP contribution in [-0.4, -0.2) is 19.5 Å². The number of aromatic nitrogens is 4. The van der Waals surface area contributed by atoms with Crippen LogP contribution in [-0.2, 0) is 0 Å². The predicted molar refractivity (Wildman–Crippen MR) is 211 cm³/mol. The molecule has 238 valence electrons. The molecule has 0 amide bonds. The molecule has 4 heterocycles. The molecule has 0 bridgehead atoms. The van der Waals surface area contributed by atoms with Crippen LogP contribution in [0.25, 0.3) is 104 Å². The molecule has 0 saturated heterocycles. The van der Waals surface area contributed by atoms with Crippen LogP contribution in [0.4, 0.5) is 0 Å². The number of fused-ring (bicyclic) bond motifs is 9. The summed E-state index contributed by atoms with van der Waals surface area (Å²) in [4.78, 5) is 15.6. The molecule has 11 aromatic rings. The minimum Gasteiger partial charge on any atom is -0.456 e. The van der Waals surface area contributed by atoms with Crippen LogP contribution in [0.3, 0.4) is 0 Å². The van der Waals surface area contributed by atoms with Gasteiger partial charge >= 0.3 is 0 Å². The molecular weight excluding hydrogens is 645 g/mol. The van der Waals surface area contributed by atoms with Crippen LogP contribution >= 0.6 is 11.3 Å². The van der Waals surface area contributed by atoms with Gasteiger partial charge in [0.15, 0.2) is 11.6 Å². The average Bonchev–Trinajstić information content (AvgIpc) is 3.88. The predicted octanol–water partition coefficient (Wildman–Crippen LogP) is 12.2. The number of nitrogens with zero attached hydrogens (tertiary/aromatic N) is 4. The Kier molecular flexibility index (Phi) is 6.05. The highest BCUT2D eigenvalue weighted by Gasteiger charge is 2.22. The number of hydrogen-bond donors (Lipinski definition) is 0. The maximum atomic E-state index is 6.62. The first-order chi connectivity index (χ1) is 25.3. The summed E-state index contributed by atoms with van der Waals surface area (Å²) in [5.74, 6) is 1.76. The van der Waals surface area contributed by atoms with E-state index >= 15 is 0 Å². The standard InChI is InChI=1S/C45H26N4OS/c1-2-13-27(14-3-1)43-46-44(48-45(47-43)49-34-21-7-4-15-28(34)29-16-5-8-22-35(29)49)33-20-11-24-37-42(33)41-31(18-10-23-36(41)50-37)30-19-12-26-39-40(30)32-17-6-9-25-38(32)51-39/h1-26H. The second-order valence-corrected chi connectivity index (χ2v) is 13.8. The Morgan fingerprint density at radius 3 is 1.71 bits per heavy atom. The van der Waals surface area contributed by atoms with E-state index in [4.69, 9.17) is 19.4 Å². The molecule has 0 aliphatic rings. The zero-order valence-electron chi connectivity index (χ0n) is 27.1. The van der Waals surface area contributed by atoms with E-state index < -0.39 is 0 Å². The van der Waals surface area contributed by atoms with Gasteiger partial charge in [-0.25, -0.2) is 4.98 Å². The molecule has 0 spiro atoms. The summed E-state index contributed by atoms with van der Waals surface area (Å²) in [7, 11) is 0. The van der Waals surface area contributed by atoms with Crippen molar-refractivity contribution in [1.82, 2.24) is 19.5 Å². The third kappa shape index (κ3) is 4.24. The highest BCUT2D eigenvalue weighted by atomic mass is 32.1. The van der Waals surface area contributed by atoms with Gasteiger partial charge in [0.25, 0.3) is 0 Å². The van der Waals surface area contributed by atoms with Gasteiger partial charge in [0.1, 0.15) is 11.2 Å². The Balaban J connectivity index is 1.23. The molecule has 0 unspecified atom stereocenters. The molecular formula is C45H26N4OS. The van der Waals surface area contributed by atoms with Crippen LogP contribution in [0.15, 0.2) is 162 Å². The third-order valence-corrected chi connectivity index (χ3v) is 11.0. The van der Waals surface area contributed by atoms with Crippen molar-refractivity contribution in [2.45, 2.75) is 0 Å². The SMILES string of the molecule is c1ccc(-c2nc(-c3cccc4oc5cccc(-c6cccc7sc8ccccc8c67)c5c34)nc(-n3c4ccccc4c4ccccc43)n2)cc1. The highest BCUT2D eigenvalue weighted by molar-refractivity contribution is 7.25. The van der Waals surface area contributed by atoms with Crippen LogP contribution in [0.1, 0.15) is 0 Å². The zero-order valence-corrected chi connectivity index (χ0v) is 27.9. The fourth-order valence-electron chi connectivity index (χ4n) is 7.72. The van der Waals surface area contributed by atoms with Crippen LogP contribution in [0.5, 0.6) is 0 Å². The summed E-state index contributed by atoms with van der Waals surface area (Å²) in [6.45, 7) is 0. The molecule has 0 aliphatic heterocycles. The van der Waals surface area contributed by atoms with Gasteiger partial charge in [0.2, 0.25) is 5.95 Å². The van der Waals surface area contributed by atoms with Crippen molar-refractivity contribution >= 4 is 75.3 Å². The fraction of sp³-hybridized carbons (Fsp3) is 0. The number of thiophene rings is 1. The molecule has 5 nitrogen and oxygen atoms in total. The van der Waals surface area contributed by atoms with E-state index in [1.807, 2.05) is 53.8 Å². The Labute approximate surface area is 295 Å². The van der Waals surface area contributed by atoms with Crippen molar-refractivity contribution < 1.29 is 4.42 Å². The van der Waals surface area contributed by atoms with Gasteiger partial charge in [0.05, 0.1) is 11.0 Å². The molecule has 0 fully saturated rings. The molecule has 0 N–H and O–H groups in total. The van der Waals surface area contributed by atoms with E-state index in [1.54, 1.807) is 0 Å². The van der Waals surface area contributed by atoms with Crippen molar-refractivity contribution in [3.8, 4) is 39.9 Å². The second kappa shape index (κ2) is 10.9. The average molecular weight is 671 g/mol. The molecule has 0 atom stereocenters. The highest BCUT2D eigenvalue weighted by Crippen LogP contribution is 2.45. The lowest BCUT2D eigenvalue weighted by Gasteiger charge is -2.12.